The Hall–Kier alpha value is -1.11. The second kappa shape index (κ2) is 6.77. The van der Waals surface area contributed by atoms with E-state index in [2.05, 4.69) is 31.9 Å². The molecule has 0 aromatic heterocycles. The average molecular weight is 419 g/mol. The maximum Gasteiger partial charge on any atom is 0.141 e. The van der Waals surface area contributed by atoms with Crippen LogP contribution in [-0.2, 0) is 0 Å². The minimum absolute atomic E-state index is 0.338. The molecule has 0 amide bonds. The van der Waals surface area contributed by atoms with Gasteiger partial charge in [0.25, 0.3) is 0 Å². The number of ether oxygens (including phenoxy) is 2. The van der Waals surface area contributed by atoms with Gasteiger partial charge in [0.1, 0.15) is 17.3 Å². The van der Waals surface area contributed by atoms with Crippen LogP contribution in [0.25, 0.3) is 0 Å². The predicted octanol–water partition coefficient (Wildman–Crippen LogP) is 4.42. The first-order valence-corrected chi connectivity index (χ1v) is 7.68. The monoisotopic (exact) mass is 417 g/mol. The molecule has 3 nitrogen and oxygen atoms in total. The van der Waals surface area contributed by atoms with Crippen molar-refractivity contribution in [2.24, 2.45) is 5.73 Å². The van der Waals surface area contributed by atoms with E-state index >= 15 is 0 Å². The van der Waals surface area contributed by atoms with Crippen LogP contribution in [0.2, 0.25) is 0 Å². The summed E-state index contributed by atoms with van der Waals surface area (Å²) in [5, 5.41) is 0. The Morgan fingerprint density at radius 1 is 1.00 bits per heavy atom. The Kier molecular flexibility index (Phi) is 5.24. The summed E-state index contributed by atoms with van der Waals surface area (Å²) < 4.78 is 25.4. The Labute approximate surface area is 139 Å². The predicted molar refractivity (Wildman–Crippen MR) is 87.4 cm³/mol. The van der Waals surface area contributed by atoms with E-state index in [0.717, 1.165) is 10.0 Å². The van der Waals surface area contributed by atoms with Gasteiger partial charge in [0.05, 0.1) is 24.7 Å². The minimum atomic E-state index is -0.500. The van der Waals surface area contributed by atoms with Crippen molar-refractivity contribution in [1.29, 1.82) is 0 Å². The standard InChI is InChI=1S/C15H14Br2FNO2/c1-20-13-5-8(16)3-4-9(13)15(19)10-6-11(17)12(18)7-14(10)21-2/h3-7,15H,19H2,1-2H3. The second-order valence-corrected chi connectivity index (χ2v) is 6.14. The number of hydrogen-bond donors (Lipinski definition) is 1. The summed E-state index contributed by atoms with van der Waals surface area (Å²) in [6.45, 7) is 0. The van der Waals surface area contributed by atoms with E-state index < -0.39 is 11.9 Å². The van der Waals surface area contributed by atoms with Crippen molar-refractivity contribution in [3.63, 3.8) is 0 Å². The van der Waals surface area contributed by atoms with Gasteiger partial charge in [-0.25, -0.2) is 4.39 Å². The van der Waals surface area contributed by atoms with Crippen molar-refractivity contribution >= 4 is 31.9 Å². The van der Waals surface area contributed by atoms with Gasteiger partial charge in [-0.05, 0) is 34.1 Å². The highest BCUT2D eigenvalue weighted by atomic mass is 79.9. The summed E-state index contributed by atoms with van der Waals surface area (Å²) >= 11 is 6.56. The van der Waals surface area contributed by atoms with Gasteiger partial charge >= 0.3 is 0 Å². The van der Waals surface area contributed by atoms with E-state index in [4.69, 9.17) is 15.2 Å². The number of hydrogen-bond acceptors (Lipinski definition) is 3. The summed E-state index contributed by atoms with van der Waals surface area (Å²) in [6.07, 6.45) is 0. The van der Waals surface area contributed by atoms with Crippen LogP contribution in [0.5, 0.6) is 11.5 Å². The lowest BCUT2D eigenvalue weighted by Gasteiger charge is -2.19. The third kappa shape index (κ3) is 3.39. The quantitative estimate of drug-likeness (QED) is 0.799. The van der Waals surface area contributed by atoms with Crippen molar-refractivity contribution in [3.05, 3.63) is 56.2 Å². The zero-order valence-electron chi connectivity index (χ0n) is 11.5. The zero-order chi connectivity index (χ0) is 15.6. The highest BCUT2D eigenvalue weighted by Crippen LogP contribution is 2.36. The summed E-state index contributed by atoms with van der Waals surface area (Å²) in [7, 11) is 3.06. The molecule has 1 atom stereocenters. The number of methoxy groups -OCH3 is 2. The molecule has 2 aromatic rings. The zero-order valence-corrected chi connectivity index (χ0v) is 14.7. The van der Waals surface area contributed by atoms with Crippen LogP contribution in [0.1, 0.15) is 17.2 Å². The van der Waals surface area contributed by atoms with Crippen LogP contribution >= 0.6 is 31.9 Å². The van der Waals surface area contributed by atoms with Crippen molar-refractivity contribution in [2.45, 2.75) is 6.04 Å². The maximum atomic E-state index is 13.6. The molecule has 6 heteroatoms. The molecule has 1 unspecified atom stereocenters. The fourth-order valence-electron chi connectivity index (χ4n) is 2.07. The van der Waals surface area contributed by atoms with E-state index in [1.54, 1.807) is 13.2 Å². The van der Waals surface area contributed by atoms with E-state index in [1.165, 1.54) is 13.2 Å². The Morgan fingerprint density at radius 3 is 2.24 bits per heavy atom. The second-order valence-electron chi connectivity index (χ2n) is 4.37. The summed E-state index contributed by atoms with van der Waals surface area (Å²) in [4.78, 5) is 0. The molecular weight excluding hydrogens is 405 g/mol. The first-order chi connectivity index (χ1) is 9.97. The molecule has 0 aliphatic carbocycles. The van der Waals surface area contributed by atoms with Gasteiger partial charge < -0.3 is 15.2 Å². The van der Waals surface area contributed by atoms with Gasteiger partial charge in [-0.15, -0.1) is 0 Å². The summed E-state index contributed by atoms with van der Waals surface area (Å²) in [5.41, 5.74) is 7.78. The number of nitrogens with two attached hydrogens (primary N) is 1. The minimum Gasteiger partial charge on any atom is -0.496 e. The Morgan fingerprint density at radius 2 is 1.62 bits per heavy atom. The van der Waals surface area contributed by atoms with Crippen LogP contribution in [0.3, 0.4) is 0 Å². The highest BCUT2D eigenvalue weighted by molar-refractivity contribution is 9.10. The molecular formula is C15H14Br2FNO2. The third-order valence-corrected chi connectivity index (χ3v) is 4.24. The van der Waals surface area contributed by atoms with Crippen LogP contribution in [0.15, 0.2) is 39.3 Å². The van der Waals surface area contributed by atoms with Crippen molar-refractivity contribution in [3.8, 4) is 11.5 Å². The lowest BCUT2D eigenvalue weighted by atomic mass is 9.98. The molecule has 21 heavy (non-hydrogen) atoms. The van der Waals surface area contributed by atoms with Gasteiger partial charge in [-0.2, -0.15) is 0 Å². The molecule has 2 N–H and O–H groups in total. The normalized spacial score (nSPS) is 12.1. The SMILES string of the molecule is COc1cc(Br)ccc1C(N)c1cc(Br)c(F)cc1OC. The van der Waals surface area contributed by atoms with Crippen LogP contribution in [-0.4, -0.2) is 14.2 Å². The van der Waals surface area contributed by atoms with E-state index in [0.29, 0.717) is 21.5 Å². The summed E-state index contributed by atoms with van der Waals surface area (Å²) in [5.74, 6) is 0.651. The number of halogens is 3. The Balaban J connectivity index is 2.54. The lowest BCUT2D eigenvalue weighted by molar-refractivity contribution is 0.398. The molecule has 2 rings (SSSR count). The molecule has 0 bridgehead atoms. The lowest BCUT2D eigenvalue weighted by Crippen LogP contribution is -2.14. The topological polar surface area (TPSA) is 44.5 Å². The van der Waals surface area contributed by atoms with E-state index in [1.807, 2.05) is 18.2 Å². The van der Waals surface area contributed by atoms with Crippen molar-refractivity contribution in [1.82, 2.24) is 0 Å². The van der Waals surface area contributed by atoms with Crippen LogP contribution in [0, 0.1) is 5.82 Å². The third-order valence-electron chi connectivity index (χ3n) is 3.14. The number of benzene rings is 2. The van der Waals surface area contributed by atoms with E-state index in [9.17, 15) is 4.39 Å². The molecule has 2 aromatic carbocycles. The number of rotatable bonds is 4. The first kappa shape index (κ1) is 16.3. The molecule has 0 spiro atoms. The van der Waals surface area contributed by atoms with Gasteiger partial charge in [-0.3, -0.25) is 0 Å². The average Bonchev–Trinajstić information content (AvgIpc) is 2.48. The van der Waals surface area contributed by atoms with Gasteiger partial charge in [0, 0.05) is 21.7 Å². The van der Waals surface area contributed by atoms with Crippen LogP contribution < -0.4 is 15.2 Å². The van der Waals surface area contributed by atoms with Gasteiger partial charge in [-0.1, -0.05) is 22.0 Å². The highest BCUT2D eigenvalue weighted by Gasteiger charge is 2.20. The van der Waals surface area contributed by atoms with Crippen molar-refractivity contribution < 1.29 is 13.9 Å². The first-order valence-electron chi connectivity index (χ1n) is 6.10. The fraction of sp³-hybridized carbons (Fsp3) is 0.200. The van der Waals surface area contributed by atoms with Gasteiger partial charge in [0.2, 0.25) is 0 Å². The fourth-order valence-corrected chi connectivity index (χ4v) is 2.77. The molecule has 112 valence electrons. The van der Waals surface area contributed by atoms with Crippen molar-refractivity contribution in [2.75, 3.05) is 14.2 Å². The Bertz CT molecular complexity index is 664. The largest absolute Gasteiger partial charge is 0.496 e. The smallest absolute Gasteiger partial charge is 0.141 e. The maximum absolute atomic E-state index is 13.6. The van der Waals surface area contributed by atoms with Crippen LogP contribution in [0.4, 0.5) is 4.39 Å². The molecule has 0 fully saturated rings. The van der Waals surface area contributed by atoms with E-state index in [-0.39, 0.29) is 0 Å². The molecule has 0 saturated heterocycles. The molecule has 0 aliphatic rings. The molecule has 0 aliphatic heterocycles. The molecule has 0 saturated carbocycles. The molecule has 0 heterocycles. The summed E-state index contributed by atoms with van der Waals surface area (Å²) in [6, 6.07) is 8.01. The van der Waals surface area contributed by atoms with Gasteiger partial charge in [0.15, 0.2) is 0 Å². The molecule has 0 radical (unpaired) electrons.